The second kappa shape index (κ2) is 6.56. The molecule has 1 N–H and O–H groups in total. The molecule has 2 aliphatic rings. The van der Waals surface area contributed by atoms with E-state index in [9.17, 15) is 9.59 Å². The number of nitrogens with zero attached hydrogens (tertiary/aromatic N) is 2. The first-order chi connectivity index (χ1) is 12.6. The number of nitrogens with one attached hydrogen (secondary N) is 1. The zero-order chi connectivity index (χ0) is 18.1. The lowest BCUT2D eigenvalue weighted by Gasteiger charge is -2.41. The van der Waals surface area contributed by atoms with Gasteiger partial charge in [0, 0.05) is 37.9 Å². The summed E-state index contributed by atoms with van der Waals surface area (Å²) in [6, 6.07) is 12.1. The number of pyridine rings is 1. The fourth-order valence-corrected chi connectivity index (χ4v) is 4.39. The minimum Gasteiger partial charge on any atom is -0.355 e. The van der Waals surface area contributed by atoms with E-state index in [4.69, 9.17) is 0 Å². The normalized spacial score (nSPS) is 21.7. The molecule has 2 amide bonds. The number of hydrogen-bond acceptors (Lipinski definition) is 3. The Balaban J connectivity index is 1.53. The molecular formula is C21H23N3O2. The van der Waals surface area contributed by atoms with E-state index in [1.807, 2.05) is 36.1 Å². The summed E-state index contributed by atoms with van der Waals surface area (Å²) in [5.41, 5.74) is 2.40. The molecule has 1 atom stereocenters. The van der Waals surface area contributed by atoms with Crippen LogP contribution in [0.3, 0.4) is 0 Å². The maximum absolute atomic E-state index is 12.8. The highest BCUT2D eigenvalue weighted by atomic mass is 16.2. The SMILES string of the molecule is Cc1cncc(C(=O)N2CCC3(CC2)C(=O)NC[C@@H]3c2ccccc2)c1. The summed E-state index contributed by atoms with van der Waals surface area (Å²) >= 11 is 0. The van der Waals surface area contributed by atoms with Gasteiger partial charge in [-0.2, -0.15) is 0 Å². The highest BCUT2D eigenvalue weighted by Gasteiger charge is 2.52. The van der Waals surface area contributed by atoms with Gasteiger partial charge in [-0.05, 0) is 37.0 Å². The Morgan fingerprint density at radius 1 is 1.19 bits per heavy atom. The van der Waals surface area contributed by atoms with Crippen LogP contribution in [0.4, 0.5) is 0 Å². The first kappa shape index (κ1) is 16.8. The number of rotatable bonds is 2. The molecule has 0 bridgehead atoms. The number of carbonyl (C=O) groups excluding carboxylic acids is 2. The predicted octanol–water partition coefficient (Wildman–Crippen LogP) is 2.53. The van der Waals surface area contributed by atoms with Gasteiger partial charge < -0.3 is 10.2 Å². The smallest absolute Gasteiger partial charge is 0.255 e. The van der Waals surface area contributed by atoms with Gasteiger partial charge in [0.2, 0.25) is 5.91 Å². The monoisotopic (exact) mass is 349 g/mol. The van der Waals surface area contributed by atoms with Crippen LogP contribution in [-0.4, -0.2) is 41.3 Å². The van der Waals surface area contributed by atoms with E-state index in [2.05, 4.69) is 22.4 Å². The summed E-state index contributed by atoms with van der Waals surface area (Å²) in [5, 5.41) is 3.06. The third-order valence-corrected chi connectivity index (χ3v) is 5.85. The first-order valence-electron chi connectivity index (χ1n) is 9.14. The van der Waals surface area contributed by atoms with Crippen molar-refractivity contribution in [2.24, 2.45) is 5.41 Å². The minimum absolute atomic E-state index is 0.00529. The van der Waals surface area contributed by atoms with Gasteiger partial charge in [0.05, 0.1) is 11.0 Å². The zero-order valence-corrected chi connectivity index (χ0v) is 14.9. The highest BCUT2D eigenvalue weighted by Crippen LogP contribution is 2.47. The molecule has 134 valence electrons. The number of benzene rings is 1. The van der Waals surface area contributed by atoms with Crippen LogP contribution in [0.1, 0.15) is 40.2 Å². The summed E-state index contributed by atoms with van der Waals surface area (Å²) in [4.78, 5) is 31.5. The van der Waals surface area contributed by atoms with E-state index in [-0.39, 0.29) is 17.7 Å². The van der Waals surface area contributed by atoms with Crippen molar-refractivity contribution >= 4 is 11.8 Å². The average molecular weight is 349 g/mol. The largest absolute Gasteiger partial charge is 0.355 e. The second-order valence-corrected chi connectivity index (χ2v) is 7.37. The number of likely N-dealkylation sites (tertiary alicyclic amines) is 1. The van der Waals surface area contributed by atoms with Crippen molar-refractivity contribution in [3.63, 3.8) is 0 Å². The number of piperidine rings is 1. The predicted molar refractivity (Wildman–Crippen MR) is 98.7 cm³/mol. The number of aryl methyl sites for hydroxylation is 1. The van der Waals surface area contributed by atoms with Crippen LogP contribution in [0, 0.1) is 12.3 Å². The van der Waals surface area contributed by atoms with Crippen LogP contribution in [0.25, 0.3) is 0 Å². The maximum atomic E-state index is 12.8. The fraction of sp³-hybridized carbons (Fsp3) is 0.381. The van der Waals surface area contributed by atoms with E-state index in [1.54, 1.807) is 12.4 Å². The molecule has 0 aliphatic carbocycles. The van der Waals surface area contributed by atoms with E-state index in [0.717, 1.165) is 5.56 Å². The highest BCUT2D eigenvalue weighted by molar-refractivity contribution is 5.94. The third kappa shape index (κ3) is 2.77. The topological polar surface area (TPSA) is 62.3 Å². The molecule has 2 saturated heterocycles. The summed E-state index contributed by atoms with van der Waals surface area (Å²) in [6.07, 6.45) is 4.76. The molecule has 26 heavy (non-hydrogen) atoms. The summed E-state index contributed by atoms with van der Waals surface area (Å²) in [6.45, 7) is 3.81. The maximum Gasteiger partial charge on any atom is 0.255 e. The van der Waals surface area contributed by atoms with Gasteiger partial charge >= 0.3 is 0 Å². The third-order valence-electron chi connectivity index (χ3n) is 5.85. The van der Waals surface area contributed by atoms with Crippen molar-refractivity contribution in [2.75, 3.05) is 19.6 Å². The Kier molecular flexibility index (Phi) is 4.23. The van der Waals surface area contributed by atoms with Crippen LogP contribution in [0.2, 0.25) is 0 Å². The van der Waals surface area contributed by atoms with Gasteiger partial charge in [-0.25, -0.2) is 0 Å². The Labute approximate surface area is 153 Å². The van der Waals surface area contributed by atoms with E-state index in [0.29, 0.717) is 38.0 Å². The average Bonchev–Trinajstić information content (AvgIpc) is 2.98. The van der Waals surface area contributed by atoms with Gasteiger partial charge in [-0.1, -0.05) is 30.3 Å². The van der Waals surface area contributed by atoms with Crippen molar-refractivity contribution in [1.29, 1.82) is 0 Å². The van der Waals surface area contributed by atoms with Gasteiger partial charge in [0.1, 0.15) is 0 Å². The molecule has 1 spiro atoms. The number of hydrogen-bond donors (Lipinski definition) is 1. The fourth-order valence-electron chi connectivity index (χ4n) is 4.39. The lowest BCUT2D eigenvalue weighted by atomic mass is 9.68. The van der Waals surface area contributed by atoms with Crippen molar-refractivity contribution in [3.8, 4) is 0 Å². The first-order valence-corrected chi connectivity index (χ1v) is 9.14. The van der Waals surface area contributed by atoms with Crippen molar-refractivity contribution in [1.82, 2.24) is 15.2 Å². The molecular weight excluding hydrogens is 326 g/mol. The van der Waals surface area contributed by atoms with E-state index < -0.39 is 5.41 Å². The molecule has 1 aromatic carbocycles. The van der Waals surface area contributed by atoms with Gasteiger partial charge in [-0.15, -0.1) is 0 Å². The molecule has 2 aromatic rings. The molecule has 0 radical (unpaired) electrons. The Hall–Kier alpha value is -2.69. The lowest BCUT2D eigenvalue weighted by Crippen LogP contribution is -2.47. The van der Waals surface area contributed by atoms with Crippen LogP contribution >= 0.6 is 0 Å². The standard InChI is InChI=1S/C21H23N3O2/c1-15-11-17(13-22-12-15)19(25)24-9-7-21(8-10-24)18(14-23-20(21)26)16-5-3-2-4-6-16/h2-6,11-13,18H,7-10,14H2,1H3,(H,23,26)/t18-/m1/s1. The molecule has 0 saturated carbocycles. The number of carbonyl (C=O) groups is 2. The second-order valence-electron chi connectivity index (χ2n) is 7.37. The lowest BCUT2D eigenvalue weighted by molar-refractivity contribution is -0.130. The molecule has 2 aliphatic heterocycles. The van der Waals surface area contributed by atoms with Crippen LogP contribution in [0.15, 0.2) is 48.8 Å². The molecule has 1 aromatic heterocycles. The quantitative estimate of drug-likeness (QED) is 0.906. The summed E-state index contributed by atoms with van der Waals surface area (Å²) in [7, 11) is 0. The molecule has 0 unspecified atom stereocenters. The van der Waals surface area contributed by atoms with Crippen molar-refractivity contribution < 1.29 is 9.59 Å². The number of amides is 2. The molecule has 4 rings (SSSR count). The molecule has 2 fully saturated rings. The Morgan fingerprint density at radius 3 is 2.62 bits per heavy atom. The van der Waals surface area contributed by atoms with Crippen molar-refractivity contribution in [2.45, 2.75) is 25.7 Å². The Bertz CT molecular complexity index is 826. The van der Waals surface area contributed by atoms with E-state index >= 15 is 0 Å². The van der Waals surface area contributed by atoms with Crippen molar-refractivity contribution in [3.05, 3.63) is 65.5 Å². The van der Waals surface area contributed by atoms with Crippen LogP contribution in [-0.2, 0) is 4.79 Å². The minimum atomic E-state index is -0.400. The summed E-state index contributed by atoms with van der Waals surface area (Å²) < 4.78 is 0. The van der Waals surface area contributed by atoms with Gasteiger partial charge in [0.15, 0.2) is 0 Å². The van der Waals surface area contributed by atoms with Crippen LogP contribution in [0.5, 0.6) is 0 Å². The molecule has 5 heteroatoms. The number of aromatic nitrogens is 1. The molecule has 5 nitrogen and oxygen atoms in total. The summed E-state index contributed by atoms with van der Waals surface area (Å²) in [5.74, 6) is 0.315. The Morgan fingerprint density at radius 2 is 1.92 bits per heavy atom. The van der Waals surface area contributed by atoms with E-state index in [1.165, 1.54) is 5.56 Å². The van der Waals surface area contributed by atoms with Crippen LogP contribution < -0.4 is 5.32 Å². The molecule has 3 heterocycles. The van der Waals surface area contributed by atoms with Gasteiger partial charge in [-0.3, -0.25) is 14.6 Å². The van der Waals surface area contributed by atoms with Gasteiger partial charge in [0.25, 0.3) is 5.91 Å². The zero-order valence-electron chi connectivity index (χ0n) is 14.9.